The molecule has 1 aliphatic carbocycles. The Labute approximate surface area is 124 Å². The first-order valence-corrected chi connectivity index (χ1v) is 7.40. The zero-order valence-electron chi connectivity index (χ0n) is 12.3. The third kappa shape index (κ3) is 1.52. The van der Waals surface area contributed by atoms with Gasteiger partial charge in [-0.25, -0.2) is 0 Å². The summed E-state index contributed by atoms with van der Waals surface area (Å²) < 4.78 is 0. The largest absolute Gasteiger partial charge is 0.504 e. The summed E-state index contributed by atoms with van der Waals surface area (Å²) in [7, 11) is 2.17. The number of benzene rings is 2. The molecule has 0 saturated carbocycles. The Morgan fingerprint density at radius 2 is 1.90 bits per heavy atom. The average molecular weight is 281 g/mol. The molecule has 1 aliphatic heterocycles. The molecule has 0 saturated heterocycles. The molecule has 3 nitrogen and oxygen atoms in total. The predicted molar refractivity (Wildman–Crippen MR) is 82.6 cm³/mol. The maximum absolute atomic E-state index is 10.3. The number of likely N-dealkylation sites (N-methyl/N-ethyl adjacent to an activating group) is 1. The predicted octanol–water partition coefficient (Wildman–Crippen LogP) is 3.02. The third-order valence-electron chi connectivity index (χ3n) is 5.30. The second-order valence-electron chi connectivity index (χ2n) is 6.43. The van der Waals surface area contributed by atoms with Gasteiger partial charge in [-0.1, -0.05) is 24.3 Å². The first kappa shape index (κ1) is 12.7. The van der Waals surface area contributed by atoms with E-state index in [-0.39, 0.29) is 17.0 Å². The molecule has 3 heteroatoms. The van der Waals surface area contributed by atoms with Crippen LogP contribution in [0.2, 0.25) is 0 Å². The summed E-state index contributed by atoms with van der Waals surface area (Å²) in [6.45, 7) is 3.33. The van der Waals surface area contributed by atoms with Gasteiger partial charge in [-0.05, 0) is 55.1 Å². The Morgan fingerprint density at radius 1 is 1.10 bits per heavy atom. The van der Waals surface area contributed by atoms with Crippen LogP contribution >= 0.6 is 0 Å². The second kappa shape index (κ2) is 4.01. The maximum atomic E-state index is 10.3. The van der Waals surface area contributed by atoms with Crippen LogP contribution in [0.4, 0.5) is 0 Å². The van der Waals surface area contributed by atoms with Gasteiger partial charge in [-0.3, -0.25) is 4.90 Å². The zero-order valence-corrected chi connectivity index (χ0v) is 12.3. The van der Waals surface area contributed by atoms with E-state index in [1.54, 1.807) is 6.07 Å². The van der Waals surface area contributed by atoms with E-state index in [0.29, 0.717) is 0 Å². The molecule has 21 heavy (non-hydrogen) atoms. The number of hydrogen-bond donors (Lipinski definition) is 2. The highest BCUT2D eigenvalue weighted by molar-refractivity contribution is 5.83. The molecule has 2 aliphatic rings. The number of phenols is 2. The normalized spacial score (nSPS) is 23.5. The van der Waals surface area contributed by atoms with Crippen LogP contribution in [0.1, 0.15) is 23.6 Å². The highest BCUT2D eigenvalue weighted by atomic mass is 16.3. The Hall–Kier alpha value is -2.00. The third-order valence-corrected chi connectivity index (χ3v) is 5.30. The first-order valence-electron chi connectivity index (χ1n) is 7.40. The molecule has 2 aromatic carbocycles. The molecule has 0 radical (unpaired) electrons. The lowest BCUT2D eigenvalue weighted by molar-refractivity contribution is 0.122. The van der Waals surface area contributed by atoms with Crippen LogP contribution in [0.25, 0.3) is 11.1 Å². The first-order chi connectivity index (χ1) is 10.0. The van der Waals surface area contributed by atoms with E-state index in [4.69, 9.17) is 0 Å². The Balaban J connectivity index is 2.10. The summed E-state index contributed by atoms with van der Waals surface area (Å²) in [5.74, 6) is -0.0321. The Bertz CT molecular complexity index is 753. The molecule has 1 heterocycles. The van der Waals surface area contributed by atoms with Gasteiger partial charge in [0.15, 0.2) is 11.5 Å². The van der Waals surface area contributed by atoms with Crippen LogP contribution in [0.15, 0.2) is 30.3 Å². The molecule has 0 bridgehead atoms. The summed E-state index contributed by atoms with van der Waals surface area (Å²) in [6, 6.07) is 9.84. The fourth-order valence-corrected chi connectivity index (χ4v) is 4.04. The molecule has 0 fully saturated rings. The molecule has 0 aromatic heterocycles. The van der Waals surface area contributed by atoms with Crippen molar-refractivity contribution in [2.24, 2.45) is 0 Å². The molecule has 0 unspecified atom stereocenters. The highest BCUT2D eigenvalue weighted by Gasteiger charge is 2.42. The Morgan fingerprint density at radius 3 is 2.71 bits per heavy atom. The molecule has 1 atom stereocenters. The summed E-state index contributed by atoms with van der Waals surface area (Å²) in [6.07, 6.45) is 1.89. The van der Waals surface area contributed by atoms with E-state index in [2.05, 4.69) is 37.1 Å². The van der Waals surface area contributed by atoms with Gasteiger partial charge in [0.2, 0.25) is 0 Å². The molecular formula is C18H19NO2. The van der Waals surface area contributed by atoms with Crippen LogP contribution in [-0.2, 0) is 18.4 Å². The number of fused-ring (bicyclic) bond motifs is 2. The van der Waals surface area contributed by atoms with E-state index in [1.165, 1.54) is 11.1 Å². The van der Waals surface area contributed by atoms with E-state index in [0.717, 1.165) is 36.1 Å². The zero-order chi connectivity index (χ0) is 14.8. The smallest absolute Gasteiger partial charge is 0.165 e. The lowest BCUT2D eigenvalue weighted by Gasteiger charge is -2.48. The van der Waals surface area contributed by atoms with Gasteiger partial charge < -0.3 is 10.2 Å². The number of aromatic hydroxyl groups is 2. The molecule has 0 spiro atoms. The van der Waals surface area contributed by atoms with Crippen molar-refractivity contribution in [2.45, 2.75) is 25.3 Å². The molecule has 108 valence electrons. The van der Waals surface area contributed by atoms with Gasteiger partial charge in [0, 0.05) is 17.6 Å². The van der Waals surface area contributed by atoms with Gasteiger partial charge in [0.1, 0.15) is 0 Å². The number of nitrogens with zero attached hydrogens (tertiary/aromatic N) is 1. The summed E-state index contributed by atoms with van der Waals surface area (Å²) in [4.78, 5) is 2.41. The minimum Gasteiger partial charge on any atom is -0.504 e. The van der Waals surface area contributed by atoms with Crippen molar-refractivity contribution in [1.29, 1.82) is 0 Å². The monoisotopic (exact) mass is 281 g/mol. The van der Waals surface area contributed by atoms with Crippen LogP contribution in [0.3, 0.4) is 0 Å². The molecule has 2 aromatic rings. The summed E-state index contributed by atoms with van der Waals surface area (Å²) >= 11 is 0. The Kier molecular flexibility index (Phi) is 2.43. The fraction of sp³-hybridized carbons (Fsp3) is 0.333. The van der Waals surface area contributed by atoms with E-state index >= 15 is 0 Å². The number of hydrogen-bond acceptors (Lipinski definition) is 3. The lowest BCUT2D eigenvalue weighted by Crippen LogP contribution is -2.49. The topological polar surface area (TPSA) is 43.7 Å². The summed E-state index contributed by atoms with van der Waals surface area (Å²) in [5, 5.41) is 20.2. The van der Waals surface area contributed by atoms with Gasteiger partial charge in [0.05, 0.1) is 0 Å². The van der Waals surface area contributed by atoms with E-state index < -0.39 is 0 Å². The second-order valence-corrected chi connectivity index (χ2v) is 6.43. The van der Waals surface area contributed by atoms with Crippen LogP contribution in [-0.4, -0.2) is 28.7 Å². The average Bonchev–Trinajstić information content (AvgIpc) is 2.47. The van der Waals surface area contributed by atoms with Crippen molar-refractivity contribution < 1.29 is 10.2 Å². The summed E-state index contributed by atoms with van der Waals surface area (Å²) in [5.41, 5.74) is 5.61. The fourth-order valence-electron chi connectivity index (χ4n) is 4.04. The SMILES string of the molecule is CN1CCc2cccc3c2[C@@]1(C)Cc1ccc(O)c(O)c1-3. The minimum absolute atomic E-state index is 0.0103. The van der Waals surface area contributed by atoms with Gasteiger partial charge in [-0.2, -0.15) is 0 Å². The van der Waals surface area contributed by atoms with Crippen LogP contribution in [0, 0.1) is 0 Å². The van der Waals surface area contributed by atoms with Crippen molar-refractivity contribution in [2.75, 3.05) is 13.6 Å². The van der Waals surface area contributed by atoms with Gasteiger partial charge in [0.25, 0.3) is 0 Å². The molecule has 2 N–H and O–H groups in total. The number of rotatable bonds is 0. The minimum atomic E-state index is -0.0425. The molecular weight excluding hydrogens is 262 g/mol. The van der Waals surface area contributed by atoms with Crippen molar-refractivity contribution in [1.82, 2.24) is 4.90 Å². The molecule has 4 rings (SSSR count). The highest BCUT2D eigenvalue weighted by Crippen LogP contribution is 2.52. The van der Waals surface area contributed by atoms with Crippen LogP contribution < -0.4 is 0 Å². The van der Waals surface area contributed by atoms with Crippen molar-refractivity contribution in [3.63, 3.8) is 0 Å². The van der Waals surface area contributed by atoms with Gasteiger partial charge >= 0.3 is 0 Å². The number of phenolic OH excluding ortho intramolecular Hbond substituents is 2. The van der Waals surface area contributed by atoms with Crippen molar-refractivity contribution in [3.8, 4) is 22.6 Å². The van der Waals surface area contributed by atoms with Crippen LogP contribution in [0.5, 0.6) is 11.5 Å². The maximum Gasteiger partial charge on any atom is 0.165 e. The lowest BCUT2D eigenvalue weighted by atomic mass is 9.69. The quantitative estimate of drug-likeness (QED) is 0.730. The van der Waals surface area contributed by atoms with Crippen molar-refractivity contribution in [3.05, 3.63) is 47.0 Å². The standard InChI is InChI=1S/C18H19NO2/c1-18-10-12-6-7-14(20)17(21)15(12)13-5-3-4-11(16(13)18)8-9-19(18)2/h3-7,20-21H,8-10H2,1-2H3/t18-/m1/s1. The van der Waals surface area contributed by atoms with Crippen molar-refractivity contribution >= 4 is 0 Å². The van der Waals surface area contributed by atoms with Gasteiger partial charge in [-0.15, -0.1) is 0 Å². The van der Waals surface area contributed by atoms with E-state index in [1.807, 2.05) is 6.07 Å². The molecule has 0 amide bonds. The van der Waals surface area contributed by atoms with E-state index in [9.17, 15) is 10.2 Å².